The molecule has 168 valence electrons. The molecule has 31 heavy (non-hydrogen) atoms. The van der Waals surface area contributed by atoms with Crippen LogP contribution in [0, 0.1) is 0 Å². The van der Waals surface area contributed by atoms with Gasteiger partial charge in [0, 0.05) is 17.6 Å². The second-order valence-corrected chi connectivity index (χ2v) is 9.35. The van der Waals surface area contributed by atoms with Crippen molar-refractivity contribution < 1.29 is 14.3 Å². The SMILES string of the molecule is CC(C)NC(=O)[C@H](C)N(Cc1ccccc1Cl)C(=O)COc1ccc(C(C)C)cc1Br. The molecule has 0 saturated heterocycles. The number of hydrogen-bond acceptors (Lipinski definition) is 3. The van der Waals surface area contributed by atoms with E-state index in [1.165, 1.54) is 10.5 Å². The van der Waals surface area contributed by atoms with Crippen molar-refractivity contribution in [1.82, 2.24) is 10.2 Å². The Balaban J connectivity index is 2.19. The Labute approximate surface area is 198 Å². The molecular weight excluding hydrogens is 480 g/mol. The zero-order valence-corrected chi connectivity index (χ0v) is 21.0. The molecule has 1 N–H and O–H groups in total. The van der Waals surface area contributed by atoms with Crippen LogP contribution in [0.5, 0.6) is 5.75 Å². The lowest BCUT2D eigenvalue weighted by Crippen LogP contribution is -2.50. The Morgan fingerprint density at radius 1 is 1.10 bits per heavy atom. The molecular formula is C24H30BrClN2O3. The van der Waals surface area contributed by atoms with Gasteiger partial charge in [-0.05, 0) is 71.9 Å². The summed E-state index contributed by atoms with van der Waals surface area (Å²) in [5.74, 6) is 0.442. The fraction of sp³-hybridized carbons (Fsp3) is 0.417. The molecule has 0 heterocycles. The third-order valence-corrected chi connectivity index (χ3v) is 5.86. The molecule has 0 bridgehead atoms. The minimum Gasteiger partial charge on any atom is -0.483 e. The number of halogens is 2. The summed E-state index contributed by atoms with van der Waals surface area (Å²) in [7, 11) is 0. The number of nitrogens with one attached hydrogen (secondary N) is 1. The molecule has 2 aromatic carbocycles. The molecule has 0 fully saturated rings. The smallest absolute Gasteiger partial charge is 0.261 e. The molecule has 0 unspecified atom stereocenters. The van der Waals surface area contributed by atoms with E-state index in [0.717, 1.165) is 10.0 Å². The quantitative estimate of drug-likeness (QED) is 0.482. The number of benzene rings is 2. The molecule has 0 aliphatic heterocycles. The van der Waals surface area contributed by atoms with Gasteiger partial charge in [0.05, 0.1) is 4.47 Å². The van der Waals surface area contributed by atoms with E-state index in [1.807, 2.05) is 50.2 Å². The van der Waals surface area contributed by atoms with E-state index in [1.54, 1.807) is 13.0 Å². The summed E-state index contributed by atoms with van der Waals surface area (Å²) in [6.45, 7) is 9.72. The summed E-state index contributed by atoms with van der Waals surface area (Å²) in [5, 5.41) is 3.41. The van der Waals surface area contributed by atoms with Crippen LogP contribution in [0.2, 0.25) is 5.02 Å². The Hall–Kier alpha value is -2.05. The number of ether oxygens (including phenoxy) is 1. The van der Waals surface area contributed by atoms with Gasteiger partial charge in [0.15, 0.2) is 6.61 Å². The first-order valence-electron chi connectivity index (χ1n) is 10.4. The zero-order valence-electron chi connectivity index (χ0n) is 18.6. The molecule has 1 atom stereocenters. The third kappa shape index (κ3) is 7.25. The van der Waals surface area contributed by atoms with Crippen LogP contribution in [0.25, 0.3) is 0 Å². The highest BCUT2D eigenvalue weighted by Gasteiger charge is 2.27. The van der Waals surface area contributed by atoms with Gasteiger partial charge < -0.3 is 15.0 Å². The Morgan fingerprint density at radius 2 is 1.77 bits per heavy atom. The summed E-state index contributed by atoms with van der Waals surface area (Å²) >= 11 is 9.81. The monoisotopic (exact) mass is 508 g/mol. The maximum Gasteiger partial charge on any atom is 0.261 e. The van der Waals surface area contributed by atoms with Crippen LogP contribution in [0.4, 0.5) is 0 Å². The van der Waals surface area contributed by atoms with Crippen molar-refractivity contribution in [2.45, 2.75) is 59.2 Å². The van der Waals surface area contributed by atoms with Gasteiger partial charge >= 0.3 is 0 Å². The Bertz CT molecular complexity index is 917. The average molecular weight is 510 g/mol. The summed E-state index contributed by atoms with van der Waals surface area (Å²) in [4.78, 5) is 27.2. The standard InChI is InChI=1S/C24H30BrClN2O3/c1-15(2)18-10-11-22(20(25)12-18)31-14-23(29)28(17(5)24(30)27-16(3)4)13-19-8-6-7-9-21(19)26/h6-12,15-17H,13-14H2,1-5H3,(H,27,30)/t17-/m0/s1. The van der Waals surface area contributed by atoms with Gasteiger partial charge in [-0.25, -0.2) is 0 Å². The van der Waals surface area contributed by atoms with Gasteiger partial charge in [-0.2, -0.15) is 0 Å². The molecule has 0 saturated carbocycles. The molecule has 7 heteroatoms. The first-order chi connectivity index (χ1) is 14.6. The van der Waals surface area contributed by atoms with Gasteiger partial charge in [0.2, 0.25) is 5.91 Å². The van der Waals surface area contributed by atoms with Crippen molar-refractivity contribution in [3.63, 3.8) is 0 Å². The van der Waals surface area contributed by atoms with Crippen molar-refractivity contribution in [2.75, 3.05) is 6.61 Å². The highest BCUT2D eigenvalue weighted by atomic mass is 79.9. The van der Waals surface area contributed by atoms with Crippen molar-refractivity contribution in [3.8, 4) is 5.75 Å². The van der Waals surface area contributed by atoms with Crippen molar-refractivity contribution in [1.29, 1.82) is 0 Å². The van der Waals surface area contributed by atoms with Crippen LogP contribution in [-0.4, -0.2) is 35.4 Å². The van der Waals surface area contributed by atoms with Crippen LogP contribution in [0.3, 0.4) is 0 Å². The molecule has 0 aliphatic carbocycles. The Morgan fingerprint density at radius 3 is 2.35 bits per heavy atom. The van der Waals surface area contributed by atoms with E-state index in [-0.39, 0.29) is 31.0 Å². The number of amides is 2. The maximum atomic E-state index is 13.1. The van der Waals surface area contributed by atoms with Crippen LogP contribution < -0.4 is 10.1 Å². The van der Waals surface area contributed by atoms with Crippen LogP contribution >= 0.6 is 27.5 Å². The lowest BCUT2D eigenvalue weighted by atomic mass is 10.0. The second-order valence-electron chi connectivity index (χ2n) is 8.09. The van der Waals surface area contributed by atoms with Crippen LogP contribution in [0.15, 0.2) is 46.9 Å². The molecule has 2 rings (SSSR count). The lowest BCUT2D eigenvalue weighted by Gasteiger charge is -2.29. The molecule has 2 amide bonds. The number of carbonyl (C=O) groups excluding carboxylic acids is 2. The van der Waals surface area contributed by atoms with Gasteiger partial charge in [-0.1, -0.05) is 49.7 Å². The predicted molar refractivity (Wildman–Crippen MR) is 128 cm³/mol. The summed E-state index contributed by atoms with van der Waals surface area (Å²) in [6.07, 6.45) is 0. The molecule has 0 radical (unpaired) electrons. The van der Waals surface area contributed by atoms with Gasteiger partial charge in [0.1, 0.15) is 11.8 Å². The predicted octanol–water partition coefficient (Wildman–Crippen LogP) is 5.55. The van der Waals surface area contributed by atoms with Crippen molar-refractivity contribution >= 4 is 39.3 Å². The number of nitrogens with zero attached hydrogens (tertiary/aromatic N) is 1. The van der Waals surface area contributed by atoms with E-state index in [0.29, 0.717) is 16.7 Å². The van der Waals surface area contributed by atoms with Crippen molar-refractivity contribution in [2.24, 2.45) is 0 Å². The Kier molecular flexibility index (Phi) is 9.38. The summed E-state index contributed by atoms with van der Waals surface area (Å²) in [5.41, 5.74) is 1.94. The molecule has 0 aliphatic rings. The number of rotatable bonds is 9. The zero-order chi connectivity index (χ0) is 23.1. The fourth-order valence-electron chi connectivity index (χ4n) is 3.01. The minimum atomic E-state index is -0.679. The largest absolute Gasteiger partial charge is 0.483 e. The highest BCUT2D eigenvalue weighted by molar-refractivity contribution is 9.10. The van der Waals surface area contributed by atoms with E-state index >= 15 is 0 Å². The second kappa shape index (κ2) is 11.5. The molecule has 2 aromatic rings. The normalized spacial score (nSPS) is 12.0. The topological polar surface area (TPSA) is 58.6 Å². The number of hydrogen-bond donors (Lipinski definition) is 1. The average Bonchev–Trinajstić information content (AvgIpc) is 2.70. The molecule has 0 aromatic heterocycles. The van der Waals surface area contributed by atoms with E-state index in [9.17, 15) is 9.59 Å². The van der Waals surface area contributed by atoms with Gasteiger partial charge in [-0.15, -0.1) is 0 Å². The number of carbonyl (C=O) groups is 2. The lowest BCUT2D eigenvalue weighted by molar-refractivity contribution is -0.142. The summed E-state index contributed by atoms with van der Waals surface area (Å²) < 4.78 is 6.58. The third-order valence-electron chi connectivity index (χ3n) is 4.87. The van der Waals surface area contributed by atoms with Gasteiger partial charge in [-0.3, -0.25) is 9.59 Å². The first-order valence-corrected chi connectivity index (χ1v) is 11.5. The van der Waals surface area contributed by atoms with E-state index < -0.39 is 6.04 Å². The van der Waals surface area contributed by atoms with Gasteiger partial charge in [0.25, 0.3) is 5.91 Å². The van der Waals surface area contributed by atoms with E-state index in [2.05, 4.69) is 35.1 Å². The first kappa shape index (κ1) is 25.2. The highest BCUT2D eigenvalue weighted by Crippen LogP contribution is 2.29. The minimum absolute atomic E-state index is 0.0288. The van der Waals surface area contributed by atoms with Crippen LogP contribution in [-0.2, 0) is 16.1 Å². The molecule has 5 nitrogen and oxygen atoms in total. The van der Waals surface area contributed by atoms with Crippen molar-refractivity contribution in [3.05, 3.63) is 63.1 Å². The van der Waals surface area contributed by atoms with Crippen LogP contribution in [0.1, 0.15) is 51.7 Å². The summed E-state index contributed by atoms with van der Waals surface area (Å²) in [6, 6.07) is 12.4. The fourth-order valence-corrected chi connectivity index (χ4v) is 3.72. The maximum absolute atomic E-state index is 13.1. The van der Waals surface area contributed by atoms with E-state index in [4.69, 9.17) is 16.3 Å². The molecule has 0 spiro atoms.